The van der Waals surface area contributed by atoms with Crippen molar-refractivity contribution in [3.63, 3.8) is 0 Å². The Morgan fingerprint density at radius 3 is 2.64 bits per heavy atom. The van der Waals surface area contributed by atoms with Crippen molar-refractivity contribution in [1.29, 1.82) is 0 Å². The number of ether oxygens (including phenoxy) is 1. The molecule has 1 N–H and O–H groups in total. The van der Waals surface area contributed by atoms with E-state index in [4.69, 9.17) is 4.74 Å². The van der Waals surface area contributed by atoms with Crippen LogP contribution < -0.4 is 10.3 Å². The zero-order chi connectivity index (χ0) is 22.8. The maximum atomic E-state index is 13.4. The summed E-state index contributed by atoms with van der Waals surface area (Å²) in [4.78, 5) is 18.5. The van der Waals surface area contributed by atoms with E-state index in [9.17, 15) is 9.18 Å². The first-order valence-corrected chi connectivity index (χ1v) is 11.1. The number of hydrogen-bond acceptors (Lipinski definition) is 6. The summed E-state index contributed by atoms with van der Waals surface area (Å²) >= 11 is 0. The number of rotatable bonds is 6. The number of halogens is 1. The fraction of sp³-hybridized carbons (Fsp3) is 0.333. The molecule has 33 heavy (non-hydrogen) atoms. The molecule has 4 aromatic rings. The van der Waals surface area contributed by atoms with E-state index in [1.165, 1.54) is 12.1 Å². The highest BCUT2D eigenvalue weighted by Crippen LogP contribution is 2.30. The van der Waals surface area contributed by atoms with Crippen LogP contribution in [0.3, 0.4) is 0 Å². The number of fused-ring (bicyclic) bond motifs is 1. The Labute approximate surface area is 190 Å². The monoisotopic (exact) mass is 448 g/mol. The first-order valence-electron chi connectivity index (χ1n) is 11.1. The zero-order valence-electron chi connectivity index (χ0n) is 18.4. The van der Waals surface area contributed by atoms with Crippen molar-refractivity contribution in [2.45, 2.75) is 31.8 Å². The third-order valence-electron chi connectivity index (χ3n) is 6.18. The number of aromatic amines is 1. The second-order valence-electron chi connectivity index (χ2n) is 8.33. The highest BCUT2D eigenvalue weighted by atomic mass is 19.1. The number of tetrazole rings is 1. The van der Waals surface area contributed by atoms with Crippen molar-refractivity contribution >= 4 is 10.9 Å². The summed E-state index contributed by atoms with van der Waals surface area (Å²) in [5, 5.41) is 13.3. The third kappa shape index (κ3) is 4.36. The van der Waals surface area contributed by atoms with E-state index >= 15 is 0 Å². The Morgan fingerprint density at radius 1 is 1.09 bits per heavy atom. The molecule has 2 aromatic carbocycles. The minimum Gasteiger partial charge on any atom is -0.497 e. The van der Waals surface area contributed by atoms with Crippen LogP contribution in [0.5, 0.6) is 5.75 Å². The van der Waals surface area contributed by atoms with Gasteiger partial charge in [0.25, 0.3) is 5.56 Å². The molecule has 5 rings (SSSR count). The minimum atomic E-state index is -0.403. The van der Waals surface area contributed by atoms with Gasteiger partial charge in [-0.05, 0) is 78.3 Å². The zero-order valence-corrected chi connectivity index (χ0v) is 18.4. The number of hydrogen-bond donors (Lipinski definition) is 1. The summed E-state index contributed by atoms with van der Waals surface area (Å²) in [6.45, 7) is 2.08. The van der Waals surface area contributed by atoms with Crippen molar-refractivity contribution < 1.29 is 9.13 Å². The number of pyridine rings is 1. The first kappa shape index (κ1) is 21.3. The van der Waals surface area contributed by atoms with Crippen LogP contribution in [-0.2, 0) is 6.54 Å². The Hall–Kier alpha value is -3.59. The molecular weight excluding hydrogens is 423 g/mol. The van der Waals surface area contributed by atoms with Crippen molar-refractivity contribution in [2.75, 3.05) is 20.2 Å². The quantitative estimate of drug-likeness (QED) is 0.487. The van der Waals surface area contributed by atoms with Crippen LogP contribution in [-0.4, -0.2) is 50.3 Å². The average molecular weight is 449 g/mol. The van der Waals surface area contributed by atoms with Crippen LogP contribution in [0.25, 0.3) is 10.9 Å². The lowest BCUT2D eigenvalue weighted by Gasteiger charge is -2.33. The first-order chi connectivity index (χ1) is 16.1. The molecule has 0 unspecified atom stereocenters. The van der Waals surface area contributed by atoms with Crippen LogP contribution in [0.2, 0.25) is 0 Å². The van der Waals surface area contributed by atoms with E-state index in [1.807, 2.05) is 24.3 Å². The van der Waals surface area contributed by atoms with Gasteiger partial charge in [0.2, 0.25) is 0 Å². The molecule has 0 amide bonds. The number of piperidine rings is 1. The Bertz CT molecular complexity index is 1310. The van der Waals surface area contributed by atoms with Crippen molar-refractivity contribution in [1.82, 2.24) is 30.1 Å². The summed E-state index contributed by atoms with van der Waals surface area (Å²) in [5.74, 6) is 1.02. The molecule has 3 heterocycles. The second-order valence-corrected chi connectivity index (χ2v) is 8.33. The molecule has 8 nitrogen and oxygen atoms in total. The highest BCUT2D eigenvalue weighted by Gasteiger charge is 2.31. The maximum absolute atomic E-state index is 13.4. The molecule has 9 heteroatoms. The molecule has 1 aliphatic heterocycles. The van der Waals surface area contributed by atoms with Gasteiger partial charge in [-0.1, -0.05) is 18.6 Å². The lowest BCUT2D eigenvalue weighted by molar-refractivity contribution is 0.177. The minimum absolute atomic E-state index is 0.167. The summed E-state index contributed by atoms with van der Waals surface area (Å²) in [6.07, 6.45) is 3.26. The Balaban J connectivity index is 1.61. The maximum Gasteiger partial charge on any atom is 0.253 e. The van der Waals surface area contributed by atoms with Gasteiger partial charge in [0, 0.05) is 16.5 Å². The fourth-order valence-corrected chi connectivity index (χ4v) is 4.49. The van der Waals surface area contributed by atoms with Crippen LogP contribution >= 0.6 is 0 Å². The van der Waals surface area contributed by atoms with E-state index in [1.54, 1.807) is 23.9 Å². The number of benzene rings is 2. The number of methoxy groups -OCH3 is 1. The lowest BCUT2D eigenvalue weighted by Crippen LogP contribution is -2.38. The van der Waals surface area contributed by atoms with Crippen LogP contribution in [0.15, 0.2) is 53.3 Å². The van der Waals surface area contributed by atoms with E-state index in [2.05, 4.69) is 25.4 Å². The second kappa shape index (κ2) is 9.11. The molecule has 0 saturated carbocycles. The number of nitrogens with one attached hydrogen (secondary N) is 1. The van der Waals surface area contributed by atoms with E-state index in [0.717, 1.165) is 54.6 Å². The molecular formula is C24H25FN6O2. The van der Waals surface area contributed by atoms with Gasteiger partial charge in [0.15, 0.2) is 5.82 Å². The molecule has 0 spiro atoms. The molecule has 170 valence electrons. The smallest absolute Gasteiger partial charge is 0.253 e. The number of H-pyrrole nitrogens is 1. The molecule has 1 atom stereocenters. The Kier molecular flexibility index (Phi) is 5.87. The van der Waals surface area contributed by atoms with Crippen molar-refractivity contribution in [2.24, 2.45) is 0 Å². The standard InChI is InChI=1S/C24H25FN6O2/c1-33-19-9-10-21-17(13-19)14-20(24(32)26-21)22(30-11-3-2-4-12-30)23-27-28-29-31(23)15-16-5-7-18(25)8-6-16/h5-10,13-14,22H,2-4,11-12,15H2,1H3,(H,26,32)/t22-/m1/s1. The van der Waals surface area contributed by atoms with Gasteiger partial charge in [-0.15, -0.1) is 5.10 Å². The van der Waals surface area contributed by atoms with E-state index in [-0.39, 0.29) is 11.4 Å². The predicted octanol–water partition coefficient (Wildman–Crippen LogP) is 3.29. The van der Waals surface area contributed by atoms with Crippen LogP contribution in [0, 0.1) is 5.82 Å². The predicted molar refractivity (Wildman–Crippen MR) is 122 cm³/mol. The fourth-order valence-electron chi connectivity index (χ4n) is 4.49. The van der Waals surface area contributed by atoms with Crippen LogP contribution in [0.1, 0.15) is 42.3 Å². The van der Waals surface area contributed by atoms with Crippen molar-refractivity contribution in [3.05, 3.63) is 81.7 Å². The van der Waals surface area contributed by atoms with Gasteiger partial charge in [0.1, 0.15) is 17.6 Å². The summed E-state index contributed by atoms with van der Waals surface area (Å²) in [5.41, 5.74) is 2.04. The topological polar surface area (TPSA) is 88.9 Å². The van der Waals surface area contributed by atoms with Crippen molar-refractivity contribution in [3.8, 4) is 5.75 Å². The molecule has 1 aliphatic rings. The normalized spacial score (nSPS) is 15.6. The van der Waals surface area contributed by atoms with E-state index < -0.39 is 6.04 Å². The van der Waals surface area contributed by atoms with E-state index in [0.29, 0.717) is 17.9 Å². The third-order valence-corrected chi connectivity index (χ3v) is 6.18. The van der Waals surface area contributed by atoms with Gasteiger partial charge in [0.05, 0.1) is 13.7 Å². The highest BCUT2D eigenvalue weighted by molar-refractivity contribution is 5.80. The molecule has 1 fully saturated rings. The number of likely N-dealkylation sites (tertiary alicyclic amines) is 1. The van der Waals surface area contributed by atoms with Gasteiger partial charge in [-0.25, -0.2) is 9.07 Å². The molecule has 0 aliphatic carbocycles. The van der Waals surface area contributed by atoms with Gasteiger partial charge in [-0.3, -0.25) is 9.69 Å². The van der Waals surface area contributed by atoms with Gasteiger partial charge >= 0.3 is 0 Å². The largest absolute Gasteiger partial charge is 0.497 e. The Morgan fingerprint density at radius 2 is 1.88 bits per heavy atom. The average Bonchev–Trinajstić information content (AvgIpc) is 3.29. The van der Waals surface area contributed by atoms with Crippen LogP contribution in [0.4, 0.5) is 4.39 Å². The molecule has 0 radical (unpaired) electrons. The van der Waals surface area contributed by atoms with Gasteiger partial charge in [-0.2, -0.15) is 0 Å². The molecule has 1 saturated heterocycles. The number of nitrogens with zero attached hydrogens (tertiary/aromatic N) is 5. The SMILES string of the molecule is COc1ccc2[nH]c(=O)c([C@H](c3nnnn3Cc3ccc(F)cc3)N3CCCCC3)cc2c1. The summed E-state index contributed by atoms with van der Waals surface area (Å²) < 4.78 is 20.4. The lowest BCUT2D eigenvalue weighted by atomic mass is 10.0. The summed E-state index contributed by atoms with van der Waals surface area (Å²) in [7, 11) is 1.62. The summed E-state index contributed by atoms with van der Waals surface area (Å²) in [6, 6.07) is 13.3. The molecule has 2 aromatic heterocycles. The van der Waals surface area contributed by atoms with Gasteiger partial charge < -0.3 is 9.72 Å². The number of aromatic nitrogens is 5. The molecule has 0 bridgehead atoms.